The molecule has 166 valence electrons. The molecule has 0 radical (unpaired) electrons. The fraction of sp³-hybridized carbons (Fsp3) is 0.538. The van der Waals surface area contributed by atoms with Crippen molar-refractivity contribution in [3.05, 3.63) is 59.9 Å². The molecule has 5 nitrogen and oxygen atoms in total. The minimum absolute atomic E-state index is 0.183. The van der Waals surface area contributed by atoms with Gasteiger partial charge in [0.05, 0.1) is 6.61 Å². The third kappa shape index (κ3) is 6.07. The lowest BCUT2D eigenvalue weighted by atomic mass is 9.92. The van der Waals surface area contributed by atoms with Crippen molar-refractivity contribution in [1.29, 1.82) is 0 Å². The topological polar surface area (TPSA) is 45.7 Å². The van der Waals surface area contributed by atoms with Crippen LogP contribution in [0, 0.1) is 18.8 Å². The van der Waals surface area contributed by atoms with Crippen LogP contribution < -0.4 is 4.74 Å². The second kappa shape index (κ2) is 10.8. The molecule has 0 unspecified atom stereocenters. The van der Waals surface area contributed by atoms with E-state index in [1.807, 2.05) is 36.5 Å². The Morgan fingerprint density at radius 3 is 2.65 bits per heavy atom. The maximum absolute atomic E-state index is 13.2. The van der Waals surface area contributed by atoms with Gasteiger partial charge in [-0.1, -0.05) is 24.3 Å². The second-order valence-electron chi connectivity index (χ2n) is 9.06. The van der Waals surface area contributed by atoms with E-state index < -0.39 is 0 Å². The van der Waals surface area contributed by atoms with Crippen molar-refractivity contribution in [2.45, 2.75) is 39.0 Å². The number of rotatable bonds is 7. The molecule has 0 aliphatic carbocycles. The van der Waals surface area contributed by atoms with Crippen LogP contribution in [0.25, 0.3) is 0 Å². The molecule has 2 aromatic rings. The third-order valence-corrected chi connectivity index (χ3v) is 6.75. The second-order valence-corrected chi connectivity index (χ2v) is 9.06. The Hall–Kier alpha value is -2.40. The number of amides is 1. The summed E-state index contributed by atoms with van der Waals surface area (Å²) in [4.78, 5) is 22.2. The maximum Gasteiger partial charge on any atom is 0.225 e. The van der Waals surface area contributed by atoms with Crippen LogP contribution in [0.2, 0.25) is 0 Å². The van der Waals surface area contributed by atoms with Crippen molar-refractivity contribution in [2.24, 2.45) is 11.8 Å². The number of likely N-dealkylation sites (tertiary alicyclic amines) is 2. The van der Waals surface area contributed by atoms with Crippen molar-refractivity contribution in [3.8, 4) is 5.75 Å². The van der Waals surface area contributed by atoms with Crippen LogP contribution >= 0.6 is 0 Å². The molecular formula is C26H35N3O2. The van der Waals surface area contributed by atoms with Gasteiger partial charge in [0, 0.05) is 49.8 Å². The monoisotopic (exact) mass is 421 g/mol. The van der Waals surface area contributed by atoms with E-state index in [0.29, 0.717) is 18.4 Å². The first-order chi connectivity index (χ1) is 15.2. The van der Waals surface area contributed by atoms with Crippen LogP contribution in [0.4, 0.5) is 0 Å². The zero-order valence-electron chi connectivity index (χ0n) is 18.7. The standard InChI is InChI=1S/C26H35N3O2/c1-21-7-2-3-10-25(21)31-20-22-8-6-15-29(19-22)26(30)23-11-16-28(17-12-23)18-13-24-9-4-5-14-27-24/h2-5,7,9-10,14,22-23H,6,8,11-13,15-20H2,1H3/t22-/m0/s1. The van der Waals surface area contributed by atoms with E-state index >= 15 is 0 Å². The average molecular weight is 422 g/mol. The highest BCUT2D eigenvalue weighted by molar-refractivity contribution is 5.79. The predicted molar refractivity (Wildman–Crippen MR) is 123 cm³/mol. The lowest BCUT2D eigenvalue weighted by Crippen LogP contribution is -2.47. The van der Waals surface area contributed by atoms with Gasteiger partial charge in [0.1, 0.15) is 5.75 Å². The SMILES string of the molecule is Cc1ccccc1OC[C@H]1CCCN(C(=O)C2CCN(CCc3ccccn3)CC2)C1. The Bertz CT molecular complexity index is 834. The molecule has 1 atom stereocenters. The van der Waals surface area contributed by atoms with E-state index in [9.17, 15) is 4.79 Å². The fourth-order valence-electron chi connectivity index (χ4n) is 4.81. The highest BCUT2D eigenvalue weighted by Gasteiger charge is 2.31. The van der Waals surface area contributed by atoms with Gasteiger partial charge < -0.3 is 14.5 Å². The quantitative estimate of drug-likeness (QED) is 0.679. The van der Waals surface area contributed by atoms with Crippen molar-refractivity contribution < 1.29 is 9.53 Å². The largest absolute Gasteiger partial charge is 0.493 e. The zero-order valence-corrected chi connectivity index (χ0v) is 18.7. The molecule has 5 heteroatoms. The molecule has 3 heterocycles. The summed E-state index contributed by atoms with van der Waals surface area (Å²) in [7, 11) is 0. The van der Waals surface area contributed by atoms with Gasteiger partial charge in [0.2, 0.25) is 5.91 Å². The Morgan fingerprint density at radius 1 is 1.06 bits per heavy atom. The van der Waals surface area contributed by atoms with E-state index in [-0.39, 0.29) is 5.92 Å². The number of benzene rings is 1. The molecular weight excluding hydrogens is 386 g/mol. The van der Waals surface area contributed by atoms with Crippen LogP contribution in [-0.2, 0) is 11.2 Å². The van der Waals surface area contributed by atoms with Gasteiger partial charge in [-0.25, -0.2) is 0 Å². The van der Waals surface area contributed by atoms with Gasteiger partial charge in [-0.2, -0.15) is 0 Å². The number of hydrogen-bond donors (Lipinski definition) is 0. The first-order valence-corrected chi connectivity index (χ1v) is 11.8. The summed E-state index contributed by atoms with van der Waals surface area (Å²) in [6.45, 7) is 7.56. The summed E-state index contributed by atoms with van der Waals surface area (Å²) in [5.74, 6) is 1.94. The average Bonchev–Trinajstić information content (AvgIpc) is 2.83. The van der Waals surface area contributed by atoms with Crippen LogP contribution in [0.15, 0.2) is 48.7 Å². The third-order valence-electron chi connectivity index (χ3n) is 6.75. The minimum atomic E-state index is 0.183. The number of aromatic nitrogens is 1. The summed E-state index contributed by atoms with van der Waals surface area (Å²) in [6.07, 6.45) is 7.01. The fourth-order valence-corrected chi connectivity index (χ4v) is 4.81. The number of ether oxygens (including phenoxy) is 1. The lowest BCUT2D eigenvalue weighted by Gasteiger charge is -2.37. The van der Waals surface area contributed by atoms with Crippen LogP contribution in [0.3, 0.4) is 0 Å². The molecule has 2 fully saturated rings. The molecule has 31 heavy (non-hydrogen) atoms. The Morgan fingerprint density at radius 2 is 1.87 bits per heavy atom. The molecule has 0 N–H and O–H groups in total. The van der Waals surface area contributed by atoms with E-state index in [2.05, 4.69) is 33.8 Å². The van der Waals surface area contributed by atoms with E-state index in [1.54, 1.807) is 0 Å². The number of carbonyl (C=O) groups excluding carboxylic acids is 1. The molecule has 0 saturated carbocycles. The minimum Gasteiger partial charge on any atom is -0.493 e. The van der Waals surface area contributed by atoms with Gasteiger partial charge >= 0.3 is 0 Å². The Kier molecular flexibility index (Phi) is 7.57. The van der Waals surface area contributed by atoms with E-state index in [0.717, 1.165) is 76.3 Å². The van der Waals surface area contributed by atoms with E-state index in [1.165, 1.54) is 5.56 Å². The molecule has 0 spiro atoms. The van der Waals surface area contributed by atoms with Gasteiger partial charge in [-0.05, 0) is 69.5 Å². The summed E-state index contributed by atoms with van der Waals surface area (Å²) in [5.41, 5.74) is 2.31. The molecule has 1 aromatic carbocycles. The van der Waals surface area contributed by atoms with Gasteiger partial charge in [0.15, 0.2) is 0 Å². The van der Waals surface area contributed by atoms with Gasteiger partial charge in [-0.15, -0.1) is 0 Å². The highest BCUT2D eigenvalue weighted by Crippen LogP contribution is 2.25. The summed E-state index contributed by atoms with van der Waals surface area (Å²) < 4.78 is 6.08. The molecule has 2 saturated heterocycles. The Labute approximate surface area is 186 Å². The smallest absolute Gasteiger partial charge is 0.225 e. The first kappa shape index (κ1) is 21.8. The number of pyridine rings is 1. The normalized spacial score (nSPS) is 20.5. The molecule has 1 amide bonds. The van der Waals surface area contributed by atoms with Crippen molar-refractivity contribution >= 4 is 5.91 Å². The van der Waals surface area contributed by atoms with Crippen molar-refractivity contribution in [3.63, 3.8) is 0 Å². The van der Waals surface area contributed by atoms with Gasteiger partial charge in [-0.3, -0.25) is 9.78 Å². The van der Waals surface area contributed by atoms with Crippen LogP contribution in [-0.4, -0.2) is 60.0 Å². The number of carbonyl (C=O) groups is 1. The predicted octanol–water partition coefficient (Wildman–Crippen LogP) is 3.96. The number of hydrogen-bond acceptors (Lipinski definition) is 4. The molecule has 2 aliphatic heterocycles. The number of aryl methyl sites for hydroxylation is 1. The highest BCUT2D eigenvalue weighted by atomic mass is 16.5. The summed E-state index contributed by atoms with van der Waals surface area (Å²) in [6, 6.07) is 14.3. The molecule has 0 bridgehead atoms. The zero-order chi connectivity index (χ0) is 21.5. The van der Waals surface area contributed by atoms with Crippen LogP contribution in [0.1, 0.15) is 36.9 Å². The maximum atomic E-state index is 13.2. The number of para-hydroxylation sites is 1. The summed E-state index contributed by atoms with van der Waals surface area (Å²) in [5, 5.41) is 0. The van der Waals surface area contributed by atoms with Crippen LogP contribution in [0.5, 0.6) is 5.75 Å². The van der Waals surface area contributed by atoms with Gasteiger partial charge in [0.25, 0.3) is 0 Å². The van der Waals surface area contributed by atoms with Crippen molar-refractivity contribution in [1.82, 2.24) is 14.8 Å². The van der Waals surface area contributed by atoms with E-state index in [4.69, 9.17) is 4.74 Å². The lowest BCUT2D eigenvalue weighted by molar-refractivity contribution is -0.139. The van der Waals surface area contributed by atoms with Crippen molar-refractivity contribution in [2.75, 3.05) is 39.3 Å². The first-order valence-electron chi connectivity index (χ1n) is 11.8. The molecule has 1 aromatic heterocycles. The molecule has 2 aliphatic rings. The molecule has 4 rings (SSSR count). The Balaban J connectivity index is 1.21. The summed E-state index contributed by atoms with van der Waals surface area (Å²) >= 11 is 0. The number of piperidine rings is 2. The number of nitrogens with zero attached hydrogens (tertiary/aromatic N) is 3.